The average Bonchev–Trinajstić information content (AvgIpc) is 2.35. The minimum absolute atomic E-state index is 0.147. The van der Waals surface area contributed by atoms with Gasteiger partial charge in [0.25, 0.3) is 0 Å². The van der Waals surface area contributed by atoms with Crippen LogP contribution in [-0.4, -0.2) is 32.3 Å². The molecule has 2 atom stereocenters. The lowest BCUT2D eigenvalue weighted by atomic mass is 9.94. The molecule has 1 aliphatic rings. The highest BCUT2D eigenvalue weighted by Crippen LogP contribution is 2.17. The highest BCUT2D eigenvalue weighted by molar-refractivity contribution is 4.95. The summed E-state index contributed by atoms with van der Waals surface area (Å²) in [4.78, 5) is 2.67. The van der Waals surface area contributed by atoms with Gasteiger partial charge in [0.1, 0.15) is 6.04 Å². The Hall–Kier alpha value is -1.28. The molecule has 0 saturated carbocycles. The van der Waals surface area contributed by atoms with E-state index < -0.39 is 0 Å². The summed E-state index contributed by atoms with van der Waals surface area (Å²) >= 11 is 0. The first kappa shape index (κ1) is 12.8. The molecule has 6 nitrogen and oxygen atoms in total. The fraction of sp³-hybridized carbons (Fsp3) is 0.900. The Kier molecular flexibility index (Phi) is 6.35. The summed E-state index contributed by atoms with van der Waals surface area (Å²) in [5.74, 6) is 0.290. The lowest BCUT2D eigenvalue weighted by Crippen LogP contribution is -2.39. The largest absolute Gasteiger partial charge is 0.381 e. The standard InChI is InChI=1S/C10H17N5O/c11-7-10(9-3-1-6-16-8-9)13-4-2-5-14-15-12/h9-10,13H,1-6,8H2. The molecule has 0 amide bonds. The Morgan fingerprint density at radius 2 is 2.56 bits per heavy atom. The van der Waals surface area contributed by atoms with Crippen molar-refractivity contribution in [3.8, 4) is 6.07 Å². The van der Waals surface area contributed by atoms with Crippen LogP contribution in [0.2, 0.25) is 0 Å². The zero-order valence-corrected chi connectivity index (χ0v) is 9.30. The van der Waals surface area contributed by atoms with E-state index in [-0.39, 0.29) is 6.04 Å². The van der Waals surface area contributed by atoms with Gasteiger partial charge >= 0.3 is 0 Å². The molecule has 1 fully saturated rings. The zero-order valence-electron chi connectivity index (χ0n) is 9.30. The Morgan fingerprint density at radius 3 is 3.19 bits per heavy atom. The first-order valence-electron chi connectivity index (χ1n) is 5.60. The van der Waals surface area contributed by atoms with Crippen LogP contribution < -0.4 is 5.32 Å². The van der Waals surface area contributed by atoms with Crippen molar-refractivity contribution in [2.45, 2.75) is 25.3 Å². The molecule has 88 valence electrons. The van der Waals surface area contributed by atoms with Crippen LogP contribution in [0.4, 0.5) is 0 Å². The van der Waals surface area contributed by atoms with Crippen LogP contribution >= 0.6 is 0 Å². The molecule has 1 aliphatic heterocycles. The molecule has 0 aliphatic carbocycles. The van der Waals surface area contributed by atoms with Crippen molar-refractivity contribution in [2.24, 2.45) is 11.0 Å². The van der Waals surface area contributed by atoms with E-state index in [1.807, 2.05) is 0 Å². The molecule has 1 rings (SSSR count). The maximum atomic E-state index is 9.03. The van der Waals surface area contributed by atoms with Gasteiger partial charge in [0, 0.05) is 24.0 Å². The number of nitrogens with one attached hydrogen (secondary N) is 1. The van der Waals surface area contributed by atoms with Gasteiger partial charge in [-0.15, -0.1) is 0 Å². The molecule has 0 aromatic rings. The zero-order chi connectivity index (χ0) is 11.6. The number of hydrogen-bond acceptors (Lipinski definition) is 4. The highest BCUT2D eigenvalue weighted by atomic mass is 16.5. The Labute approximate surface area is 95.2 Å². The van der Waals surface area contributed by atoms with Crippen LogP contribution in [0.1, 0.15) is 19.3 Å². The Bertz CT molecular complexity index is 275. The molecular formula is C10H17N5O. The summed E-state index contributed by atoms with van der Waals surface area (Å²) < 4.78 is 5.35. The van der Waals surface area contributed by atoms with E-state index in [0.29, 0.717) is 25.6 Å². The van der Waals surface area contributed by atoms with E-state index in [2.05, 4.69) is 21.4 Å². The molecule has 2 unspecified atom stereocenters. The summed E-state index contributed by atoms with van der Waals surface area (Å²) in [7, 11) is 0. The molecule has 0 aromatic heterocycles. The molecule has 1 heterocycles. The van der Waals surface area contributed by atoms with Crippen molar-refractivity contribution < 1.29 is 4.74 Å². The van der Waals surface area contributed by atoms with E-state index in [4.69, 9.17) is 15.5 Å². The van der Waals surface area contributed by atoms with Gasteiger partial charge in [-0.25, -0.2) is 0 Å². The number of azide groups is 1. The minimum Gasteiger partial charge on any atom is -0.381 e. The topological polar surface area (TPSA) is 93.8 Å². The van der Waals surface area contributed by atoms with Crippen LogP contribution in [0.15, 0.2) is 5.11 Å². The van der Waals surface area contributed by atoms with Crippen molar-refractivity contribution in [2.75, 3.05) is 26.3 Å². The summed E-state index contributed by atoms with van der Waals surface area (Å²) in [6, 6.07) is 2.12. The van der Waals surface area contributed by atoms with Crippen LogP contribution in [0.25, 0.3) is 10.4 Å². The molecule has 0 aromatic carbocycles. The van der Waals surface area contributed by atoms with Crippen molar-refractivity contribution in [3.05, 3.63) is 10.4 Å². The van der Waals surface area contributed by atoms with E-state index in [1.54, 1.807) is 0 Å². The van der Waals surface area contributed by atoms with Gasteiger partial charge in [-0.1, -0.05) is 5.11 Å². The normalized spacial score (nSPS) is 21.8. The predicted molar refractivity (Wildman–Crippen MR) is 59.6 cm³/mol. The third-order valence-corrected chi connectivity index (χ3v) is 2.67. The Balaban J connectivity index is 2.20. The molecule has 1 N–H and O–H groups in total. The van der Waals surface area contributed by atoms with E-state index in [1.165, 1.54) is 0 Å². The maximum Gasteiger partial charge on any atom is 0.100 e. The molecule has 1 saturated heterocycles. The molecule has 16 heavy (non-hydrogen) atoms. The van der Waals surface area contributed by atoms with Gasteiger partial charge in [-0.3, -0.25) is 0 Å². The van der Waals surface area contributed by atoms with Gasteiger partial charge in [0.2, 0.25) is 0 Å². The van der Waals surface area contributed by atoms with Gasteiger partial charge in [0.05, 0.1) is 12.7 Å². The molecular weight excluding hydrogens is 206 g/mol. The van der Waals surface area contributed by atoms with E-state index >= 15 is 0 Å². The second-order valence-electron chi connectivity index (χ2n) is 3.85. The third-order valence-electron chi connectivity index (χ3n) is 2.67. The first-order valence-corrected chi connectivity index (χ1v) is 5.60. The van der Waals surface area contributed by atoms with Crippen molar-refractivity contribution in [3.63, 3.8) is 0 Å². The SMILES string of the molecule is N#CC(NCCCN=[N+]=[N-])C1CCCOC1. The number of hydrogen-bond donors (Lipinski definition) is 1. The number of rotatable bonds is 6. The van der Waals surface area contributed by atoms with Crippen LogP contribution in [0.3, 0.4) is 0 Å². The molecule has 0 bridgehead atoms. The minimum atomic E-state index is -0.147. The summed E-state index contributed by atoms with van der Waals surface area (Å²) in [6.45, 7) is 2.66. The summed E-state index contributed by atoms with van der Waals surface area (Å²) in [5.41, 5.74) is 8.09. The fourth-order valence-electron chi connectivity index (χ4n) is 1.80. The van der Waals surface area contributed by atoms with Gasteiger partial charge < -0.3 is 10.1 Å². The Morgan fingerprint density at radius 1 is 1.69 bits per heavy atom. The van der Waals surface area contributed by atoms with Crippen molar-refractivity contribution in [1.29, 1.82) is 5.26 Å². The quantitative estimate of drug-likeness (QED) is 0.320. The van der Waals surface area contributed by atoms with Crippen LogP contribution in [-0.2, 0) is 4.74 Å². The lowest BCUT2D eigenvalue weighted by molar-refractivity contribution is 0.0468. The van der Waals surface area contributed by atoms with Crippen LogP contribution in [0, 0.1) is 17.2 Å². The lowest BCUT2D eigenvalue weighted by Gasteiger charge is -2.26. The van der Waals surface area contributed by atoms with Crippen molar-refractivity contribution in [1.82, 2.24) is 5.32 Å². The molecule has 6 heteroatoms. The summed E-state index contributed by atoms with van der Waals surface area (Å²) in [6.07, 6.45) is 2.83. The van der Waals surface area contributed by atoms with Crippen molar-refractivity contribution >= 4 is 0 Å². The maximum absolute atomic E-state index is 9.03. The average molecular weight is 223 g/mol. The molecule has 0 spiro atoms. The van der Waals surface area contributed by atoms with Gasteiger partial charge in [-0.2, -0.15) is 5.26 Å². The second kappa shape index (κ2) is 7.94. The van der Waals surface area contributed by atoms with Gasteiger partial charge in [-0.05, 0) is 31.3 Å². The summed E-state index contributed by atoms with van der Waals surface area (Å²) in [5, 5.41) is 15.6. The predicted octanol–water partition coefficient (Wildman–Crippen LogP) is 1.60. The fourth-order valence-corrected chi connectivity index (χ4v) is 1.80. The first-order chi connectivity index (χ1) is 7.88. The van der Waals surface area contributed by atoms with Crippen LogP contribution in [0.5, 0.6) is 0 Å². The number of ether oxygens (including phenoxy) is 1. The highest BCUT2D eigenvalue weighted by Gasteiger charge is 2.23. The number of nitrogens with zero attached hydrogens (tertiary/aromatic N) is 4. The van der Waals surface area contributed by atoms with Gasteiger partial charge in [0.15, 0.2) is 0 Å². The molecule has 0 radical (unpaired) electrons. The number of nitriles is 1. The van der Waals surface area contributed by atoms with E-state index in [0.717, 1.165) is 25.9 Å². The second-order valence-corrected chi connectivity index (χ2v) is 3.85. The smallest absolute Gasteiger partial charge is 0.100 e. The van der Waals surface area contributed by atoms with E-state index in [9.17, 15) is 0 Å². The third kappa shape index (κ3) is 4.49. The monoisotopic (exact) mass is 223 g/mol.